The minimum absolute atomic E-state index is 0.115. The summed E-state index contributed by atoms with van der Waals surface area (Å²) in [4.78, 5) is 38.0. The number of aromatic nitrogens is 2. The van der Waals surface area contributed by atoms with Crippen LogP contribution in [0.2, 0.25) is 0 Å². The van der Waals surface area contributed by atoms with Gasteiger partial charge in [-0.25, -0.2) is 4.79 Å². The largest absolute Gasteiger partial charge is 0.494 e. The third-order valence-electron chi connectivity index (χ3n) is 4.29. The molecule has 0 saturated heterocycles. The molecular formula is C20H23N3O4S. The molecule has 0 spiro atoms. The van der Waals surface area contributed by atoms with E-state index in [0.717, 1.165) is 17.7 Å². The highest BCUT2D eigenvalue weighted by Gasteiger charge is 2.16. The van der Waals surface area contributed by atoms with Gasteiger partial charge in [0.15, 0.2) is 0 Å². The number of carbonyl (C=O) groups is 1. The van der Waals surface area contributed by atoms with Crippen LogP contribution < -0.4 is 21.3 Å². The lowest BCUT2D eigenvalue weighted by Gasteiger charge is -2.12. The van der Waals surface area contributed by atoms with Crippen molar-refractivity contribution in [3.05, 3.63) is 62.1 Å². The maximum atomic E-state index is 13.0. The van der Waals surface area contributed by atoms with Gasteiger partial charge in [0.2, 0.25) is 5.91 Å². The van der Waals surface area contributed by atoms with Crippen molar-refractivity contribution in [2.75, 3.05) is 13.2 Å². The van der Waals surface area contributed by atoms with Crippen molar-refractivity contribution >= 4 is 27.5 Å². The Morgan fingerprint density at radius 2 is 1.86 bits per heavy atom. The highest BCUT2D eigenvalue weighted by molar-refractivity contribution is 7.17. The summed E-state index contributed by atoms with van der Waals surface area (Å²) in [5, 5.41) is 4.53. The molecule has 0 aliphatic carbocycles. The van der Waals surface area contributed by atoms with Crippen molar-refractivity contribution in [1.82, 2.24) is 14.5 Å². The molecule has 0 atom stereocenters. The first kappa shape index (κ1) is 19.9. The van der Waals surface area contributed by atoms with E-state index >= 15 is 0 Å². The first-order chi connectivity index (χ1) is 13.5. The smallest absolute Gasteiger partial charge is 0.332 e. The Morgan fingerprint density at radius 1 is 1.11 bits per heavy atom. The number of thiophene rings is 1. The maximum absolute atomic E-state index is 13.0. The Kier molecular flexibility index (Phi) is 6.30. The number of amides is 1. The second-order valence-corrected chi connectivity index (χ2v) is 7.24. The van der Waals surface area contributed by atoms with Gasteiger partial charge in [-0.05, 0) is 42.5 Å². The molecule has 0 aliphatic heterocycles. The summed E-state index contributed by atoms with van der Waals surface area (Å²) >= 11 is 1.27. The minimum atomic E-state index is -0.489. The molecule has 0 radical (unpaired) electrons. The van der Waals surface area contributed by atoms with Crippen molar-refractivity contribution in [3.8, 4) is 5.75 Å². The quantitative estimate of drug-likeness (QED) is 0.627. The van der Waals surface area contributed by atoms with Crippen LogP contribution in [0.5, 0.6) is 5.75 Å². The van der Waals surface area contributed by atoms with Crippen molar-refractivity contribution in [2.24, 2.45) is 0 Å². The molecule has 28 heavy (non-hydrogen) atoms. The lowest BCUT2D eigenvalue weighted by molar-refractivity contribution is -0.121. The zero-order chi connectivity index (χ0) is 20.1. The van der Waals surface area contributed by atoms with E-state index in [1.165, 1.54) is 20.5 Å². The molecule has 2 aromatic heterocycles. The summed E-state index contributed by atoms with van der Waals surface area (Å²) in [6.45, 7) is 5.00. The number of rotatable bonds is 8. The summed E-state index contributed by atoms with van der Waals surface area (Å²) in [5.41, 5.74) is 0.473. The molecular weight excluding hydrogens is 378 g/mol. The summed E-state index contributed by atoms with van der Waals surface area (Å²) in [5.74, 6) is 0.486. The van der Waals surface area contributed by atoms with E-state index < -0.39 is 5.69 Å². The number of nitrogens with zero attached hydrogens (tertiary/aromatic N) is 2. The number of hydrogen-bond acceptors (Lipinski definition) is 5. The number of hydrogen-bond donors (Lipinski definition) is 1. The van der Waals surface area contributed by atoms with Gasteiger partial charge in [0, 0.05) is 6.54 Å². The second-order valence-electron chi connectivity index (χ2n) is 6.32. The molecule has 3 aromatic rings. The van der Waals surface area contributed by atoms with Crippen molar-refractivity contribution in [1.29, 1.82) is 0 Å². The van der Waals surface area contributed by atoms with Crippen LogP contribution in [-0.4, -0.2) is 28.2 Å². The lowest BCUT2D eigenvalue weighted by atomic mass is 10.2. The molecule has 2 heterocycles. The van der Waals surface area contributed by atoms with E-state index in [1.807, 2.05) is 38.1 Å². The Morgan fingerprint density at radius 3 is 2.54 bits per heavy atom. The van der Waals surface area contributed by atoms with Gasteiger partial charge in [-0.1, -0.05) is 19.1 Å². The van der Waals surface area contributed by atoms with Gasteiger partial charge in [0.05, 0.1) is 18.7 Å². The fourth-order valence-electron chi connectivity index (χ4n) is 2.93. The molecule has 1 amide bonds. The van der Waals surface area contributed by atoms with Crippen LogP contribution in [0.25, 0.3) is 10.2 Å². The van der Waals surface area contributed by atoms with E-state index in [1.54, 1.807) is 11.4 Å². The highest BCUT2D eigenvalue weighted by Crippen LogP contribution is 2.16. The van der Waals surface area contributed by atoms with Gasteiger partial charge in [0.25, 0.3) is 5.56 Å². The monoisotopic (exact) mass is 401 g/mol. The molecule has 0 fully saturated rings. The van der Waals surface area contributed by atoms with E-state index in [0.29, 0.717) is 23.4 Å². The van der Waals surface area contributed by atoms with Crippen LogP contribution in [0.15, 0.2) is 45.3 Å². The number of nitrogens with one attached hydrogen (secondary N) is 1. The standard InChI is InChI=1S/C20H23N3O4S/c1-3-10-21-17(24)13-22-16-9-11-28-18(16)19(25)23(20(22)26)12-14-5-7-15(8-6-14)27-4-2/h5-9,11H,3-4,10,12-13H2,1-2H3,(H,21,24). The van der Waals surface area contributed by atoms with Gasteiger partial charge in [-0.15, -0.1) is 11.3 Å². The Bertz CT molecular complexity index is 1080. The third kappa shape index (κ3) is 4.17. The minimum Gasteiger partial charge on any atom is -0.494 e. The average Bonchev–Trinajstić information content (AvgIpc) is 3.18. The van der Waals surface area contributed by atoms with Crippen LogP contribution >= 0.6 is 11.3 Å². The molecule has 1 aromatic carbocycles. The van der Waals surface area contributed by atoms with E-state index in [2.05, 4.69) is 5.32 Å². The zero-order valence-corrected chi connectivity index (χ0v) is 16.8. The van der Waals surface area contributed by atoms with Gasteiger partial charge in [0.1, 0.15) is 17.0 Å². The molecule has 7 nitrogen and oxygen atoms in total. The molecule has 0 bridgehead atoms. The maximum Gasteiger partial charge on any atom is 0.332 e. The van der Waals surface area contributed by atoms with Gasteiger partial charge in [-0.2, -0.15) is 0 Å². The Hall–Kier alpha value is -2.87. The molecule has 1 N–H and O–H groups in total. The van der Waals surface area contributed by atoms with Crippen LogP contribution in [0, 0.1) is 0 Å². The normalized spacial score (nSPS) is 10.9. The molecule has 0 saturated carbocycles. The summed E-state index contributed by atoms with van der Waals surface area (Å²) in [6, 6.07) is 8.98. The van der Waals surface area contributed by atoms with Crippen LogP contribution in [0.1, 0.15) is 25.8 Å². The Balaban J connectivity index is 1.99. The third-order valence-corrected chi connectivity index (χ3v) is 5.18. The molecule has 0 aliphatic rings. The summed E-state index contributed by atoms with van der Waals surface area (Å²) in [7, 11) is 0. The zero-order valence-electron chi connectivity index (χ0n) is 15.9. The molecule has 0 unspecified atom stereocenters. The number of fused-ring (bicyclic) bond motifs is 1. The van der Waals surface area contributed by atoms with E-state index in [4.69, 9.17) is 4.74 Å². The highest BCUT2D eigenvalue weighted by atomic mass is 32.1. The molecule has 3 rings (SSSR count). The van der Waals surface area contributed by atoms with E-state index in [-0.39, 0.29) is 24.6 Å². The van der Waals surface area contributed by atoms with Crippen molar-refractivity contribution in [3.63, 3.8) is 0 Å². The average molecular weight is 401 g/mol. The first-order valence-electron chi connectivity index (χ1n) is 9.24. The second kappa shape index (κ2) is 8.88. The van der Waals surface area contributed by atoms with Gasteiger partial charge in [-0.3, -0.25) is 18.7 Å². The van der Waals surface area contributed by atoms with Gasteiger partial charge >= 0.3 is 5.69 Å². The molecule has 148 valence electrons. The van der Waals surface area contributed by atoms with Crippen molar-refractivity contribution in [2.45, 2.75) is 33.4 Å². The van der Waals surface area contributed by atoms with Crippen LogP contribution in [-0.2, 0) is 17.9 Å². The SMILES string of the molecule is CCCNC(=O)Cn1c(=O)n(Cc2ccc(OCC)cc2)c(=O)c2sccc21. The van der Waals surface area contributed by atoms with Crippen molar-refractivity contribution < 1.29 is 9.53 Å². The predicted molar refractivity (Wildman–Crippen MR) is 110 cm³/mol. The van der Waals surface area contributed by atoms with Crippen LogP contribution in [0.3, 0.4) is 0 Å². The first-order valence-corrected chi connectivity index (χ1v) is 10.1. The Labute approximate surface area is 166 Å². The summed E-state index contributed by atoms with van der Waals surface area (Å²) < 4.78 is 8.44. The summed E-state index contributed by atoms with van der Waals surface area (Å²) in [6.07, 6.45) is 0.811. The number of ether oxygens (including phenoxy) is 1. The predicted octanol–water partition coefficient (Wildman–Crippen LogP) is 2.20. The fourth-order valence-corrected chi connectivity index (χ4v) is 3.77. The molecule has 8 heteroatoms. The number of carbonyl (C=O) groups excluding carboxylic acids is 1. The lowest BCUT2D eigenvalue weighted by Crippen LogP contribution is -2.42. The number of benzene rings is 1. The van der Waals surface area contributed by atoms with E-state index in [9.17, 15) is 14.4 Å². The van der Waals surface area contributed by atoms with Crippen LogP contribution in [0.4, 0.5) is 0 Å². The fraction of sp³-hybridized carbons (Fsp3) is 0.350. The van der Waals surface area contributed by atoms with Gasteiger partial charge < -0.3 is 10.1 Å². The topological polar surface area (TPSA) is 82.3 Å².